The molecular weight excluding hydrogens is 330 g/mol. The zero-order valence-corrected chi connectivity index (χ0v) is 13.3. The number of H-pyrrole nitrogens is 1. The molecule has 0 aliphatic rings. The lowest BCUT2D eigenvalue weighted by Crippen LogP contribution is -2.21. The van der Waals surface area contributed by atoms with Crippen molar-refractivity contribution >= 4 is 38.2 Å². The van der Waals surface area contributed by atoms with E-state index in [1.54, 1.807) is 0 Å². The number of rotatable bonds is 5. The van der Waals surface area contributed by atoms with Crippen molar-refractivity contribution in [1.29, 1.82) is 0 Å². The zero-order chi connectivity index (χ0) is 16.5. The molecule has 0 bridgehead atoms. The van der Waals surface area contributed by atoms with Crippen molar-refractivity contribution in [3.05, 3.63) is 29.6 Å². The van der Waals surface area contributed by atoms with Gasteiger partial charge in [0, 0.05) is 20.3 Å². The van der Waals surface area contributed by atoms with Crippen LogP contribution in [0.25, 0.3) is 0 Å². The van der Waals surface area contributed by atoms with Gasteiger partial charge < -0.3 is 11.1 Å². The minimum Gasteiger partial charge on any atom is -0.366 e. The van der Waals surface area contributed by atoms with Crippen LogP contribution in [-0.4, -0.2) is 48.8 Å². The van der Waals surface area contributed by atoms with Gasteiger partial charge in [0.25, 0.3) is 21.8 Å². The summed E-state index contributed by atoms with van der Waals surface area (Å²) in [7, 11) is -1.01. The van der Waals surface area contributed by atoms with Gasteiger partial charge in [-0.1, -0.05) is 0 Å². The van der Waals surface area contributed by atoms with Crippen LogP contribution in [0.15, 0.2) is 22.5 Å². The van der Waals surface area contributed by atoms with Crippen molar-refractivity contribution in [3.63, 3.8) is 0 Å². The molecule has 0 atom stereocenters. The van der Waals surface area contributed by atoms with Gasteiger partial charge in [-0.3, -0.25) is 14.7 Å². The summed E-state index contributed by atoms with van der Waals surface area (Å²) in [5.74, 6) is -1.42. The van der Waals surface area contributed by atoms with E-state index < -0.39 is 21.8 Å². The summed E-state index contributed by atoms with van der Waals surface area (Å²) in [6.07, 6.45) is 1.46. The topological polar surface area (TPSA) is 138 Å². The van der Waals surface area contributed by atoms with Crippen molar-refractivity contribution in [1.82, 2.24) is 14.5 Å². The Morgan fingerprint density at radius 2 is 2.09 bits per heavy atom. The second kappa shape index (κ2) is 5.87. The number of amides is 2. The lowest BCUT2D eigenvalue weighted by atomic mass is 10.3. The van der Waals surface area contributed by atoms with E-state index in [0.29, 0.717) is 0 Å². The van der Waals surface area contributed by atoms with E-state index in [4.69, 9.17) is 5.73 Å². The summed E-state index contributed by atoms with van der Waals surface area (Å²) in [6.45, 7) is 0. The number of sulfonamides is 1. The van der Waals surface area contributed by atoms with Crippen LogP contribution in [0.4, 0.5) is 5.00 Å². The van der Waals surface area contributed by atoms with E-state index in [2.05, 4.69) is 15.5 Å². The molecule has 0 aromatic carbocycles. The molecule has 0 unspecified atom stereocenters. The van der Waals surface area contributed by atoms with Crippen LogP contribution in [0.3, 0.4) is 0 Å². The summed E-state index contributed by atoms with van der Waals surface area (Å²) in [6, 6.07) is 2.58. The molecule has 2 aromatic rings. The Kier molecular flexibility index (Phi) is 4.30. The Labute approximate surface area is 130 Å². The van der Waals surface area contributed by atoms with Crippen LogP contribution in [0.5, 0.6) is 0 Å². The van der Waals surface area contributed by atoms with Gasteiger partial charge in [0.15, 0.2) is 0 Å². The number of carbonyl (C=O) groups is 2. The quantitative estimate of drug-likeness (QED) is 0.705. The third kappa shape index (κ3) is 3.00. The number of nitrogens with one attached hydrogen (secondary N) is 2. The predicted molar refractivity (Wildman–Crippen MR) is 80.3 cm³/mol. The first-order valence-corrected chi connectivity index (χ1v) is 8.16. The number of anilines is 1. The average molecular weight is 343 g/mol. The lowest BCUT2D eigenvalue weighted by Gasteiger charge is -2.08. The number of primary amides is 1. The molecule has 0 fully saturated rings. The van der Waals surface area contributed by atoms with E-state index >= 15 is 0 Å². The summed E-state index contributed by atoms with van der Waals surface area (Å²) in [4.78, 5) is 23.4. The molecule has 2 heterocycles. The fourth-order valence-corrected chi connectivity index (χ4v) is 4.04. The fraction of sp³-hybridized carbons (Fsp3) is 0.182. The highest BCUT2D eigenvalue weighted by Crippen LogP contribution is 2.32. The lowest BCUT2D eigenvalue weighted by molar-refractivity contribution is 0.100. The van der Waals surface area contributed by atoms with Gasteiger partial charge in [0.2, 0.25) is 0 Å². The molecule has 9 nitrogen and oxygen atoms in total. The maximum absolute atomic E-state index is 12.1. The first-order chi connectivity index (χ1) is 10.2. The molecule has 22 heavy (non-hydrogen) atoms. The van der Waals surface area contributed by atoms with Crippen LogP contribution in [0.2, 0.25) is 0 Å². The number of nitrogens with zero attached hydrogens (tertiary/aromatic N) is 2. The highest BCUT2D eigenvalue weighted by molar-refractivity contribution is 7.91. The van der Waals surface area contributed by atoms with Gasteiger partial charge >= 0.3 is 0 Å². The zero-order valence-electron chi connectivity index (χ0n) is 11.7. The van der Waals surface area contributed by atoms with E-state index in [1.807, 2.05) is 0 Å². The van der Waals surface area contributed by atoms with E-state index in [-0.39, 0.29) is 20.5 Å². The molecule has 118 valence electrons. The number of thiophene rings is 1. The Bertz CT molecular complexity index is 808. The van der Waals surface area contributed by atoms with Gasteiger partial charge in [-0.05, 0) is 12.1 Å². The molecule has 0 aliphatic heterocycles. The monoisotopic (exact) mass is 343 g/mol. The van der Waals surface area contributed by atoms with Crippen molar-refractivity contribution in [2.24, 2.45) is 5.73 Å². The summed E-state index contributed by atoms with van der Waals surface area (Å²) in [5.41, 5.74) is 5.25. The minimum absolute atomic E-state index is 0.0564. The molecule has 11 heteroatoms. The summed E-state index contributed by atoms with van der Waals surface area (Å²) >= 11 is 0.748. The molecule has 0 aliphatic carbocycles. The van der Waals surface area contributed by atoms with Gasteiger partial charge in [0.1, 0.15) is 14.9 Å². The third-order valence-corrected chi connectivity index (χ3v) is 5.99. The SMILES string of the molecule is CN(C)S(=O)(=O)c1cc(C(N)=O)c(NC(=O)c2cc[nH]n2)s1. The van der Waals surface area contributed by atoms with Crippen molar-refractivity contribution < 1.29 is 18.0 Å². The molecule has 4 N–H and O–H groups in total. The van der Waals surface area contributed by atoms with Crippen LogP contribution in [-0.2, 0) is 10.0 Å². The number of nitrogens with two attached hydrogens (primary N) is 1. The second-order valence-electron chi connectivity index (χ2n) is 4.37. The smallest absolute Gasteiger partial charge is 0.276 e. The summed E-state index contributed by atoms with van der Waals surface area (Å²) < 4.78 is 25.1. The van der Waals surface area contributed by atoms with E-state index in [9.17, 15) is 18.0 Å². The molecule has 2 aromatic heterocycles. The standard InChI is InChI=1S/C11H13N5O4S2/c1-16(2)22(19,20)8-5-6(9(12)17)11(21-8)14-10(18)7-3-4-13-15-7/h3-5H,1-2H3,(H2,12,17)(H,13,15)(H,14,18). The maximum atomic E-state index is 12.1. The first kappa shape index (κ1) is 16.1. The predicted octanol–water partition coefficient (Wildman–Crippen LogP) is 0.0727. The number of hydrogen-bond donors (Lipinski definition) is 3. The fourth-order valence-electron chi connectivity index (χ4n) is 1.51. The first-order valence-electron chi connectivity index (χ1n) is 5.90. The normalized spacial score (nSPS) is 11.6. The highest BCUT2D eigenvalue weighted by Gasteiger charge is 2.25. The number of aromatic nitrogens is 2. The van der Waals surface area contributed by atoms with E-state index in [0.717, 1.165) is 21.7 Å². The number of hydrogen-bond acceptors (Lipinski definition) is 6. The average Bonchev–Trinajstić information content (AvgIpc) is 3.07. The van der Waals surface area contributed by atoms with Gasteiger partial charge in [-0.15, -0.1) is 11.3 Å². The van der Waals surface area contributed by atoms with Crippen molar-refractivity contribution in [2.45, 2.75) is 4.21 Å². The van der Waals surface area contributed by atoms with Gasteiger partial charge in [-0.2, -0.15) is 5.10 Å². The molecular formula is C11H13N5O4S2. The summed E-state index contributed by atoms with van der Waals surface area (Å²) in [5, 5.41) is 8.67. The highest BCUT2D eigenvalue weighted by atomic mass is 32.2. The van der Waals surface area contributed by atoms with Gasteiger partial charge in [-0.25, -0.2) is 12.7 Å². The van der Waals surface area contributed by atoms with Crippen molar-refractivity contribution in [2.75, 3.05) is 19.4 Å². The Balaban J connectivity index is 2.41. The van der Waals surface area contributed by atoms with Gasteiger partial charge in [0.05, 0.1) is 5.56 Å². The largest absolute Gasteiger partial charge is 0.366 e. The Morgan fingerprint density at radius 3 is 2.59 bits per heavy atom. The maximum Gasteiger partial charge on any atom is 0.276 e. The second-order valence-corrected chi connectivity index (χ2v) is 7.80. The van der Waals surface area contributed by atoms with Crippen LogP contribution < -0.4 is 11.1 Å². The van der Waals surface area contributed by atoms with E-state index in [1.165, 1.54) is 26.4 Å². The molecule has 0 spiro atoms. The molecule has 2 amide bonds. The molecule has 0 radical (unpaired) electrons. The number of carbonyl (C=O) groups excluding carboxylic acids is 2. The van der Waals surface area contributed by atoms with Crippen LogP contribution in [0, 0.1) is 0 Å². The number of aromatic amines is 1. The van der Waals surface area contributed by atoms with Crippen molar-refractivity contribution in [3.8, 4) is 0 Å². The minimum atomic E-state index is -3.73. The Morgan fingerprint density at radius 1 is 1.41 bits per heavy atom. The Hall–Kier alpha value is -2.24. The molecule has 0 saturated carbocycles. The molecule has 2 rings (SSSR count). The molecule has 0 saturated heterocycles. The van der Waals surface area contributed by atoms with Crippen LogP contribution >= 0.6 is 11.3 Å². The third-order valence-electron chi connectivity index (χ3n) is 2.67. The van der Waals surface area contributed by atoms with Crippen LogP contribution in [0.1, 0.15) is 20.8 Å².